The molecule has 0 radical (unpaired) electrons. The summed E-state index contributed by atoms with van der Waals surface area (Å²) >= 11 is 0. The maximum atomic E-state index is 12.9. The minimum atomic E-state index is -0.711. The SMILES string of the molecule is CCCCCCCCCCCCCCNC(=O)C(CCN)NC(=O)OCC(COCCCCCCCCCCCCCC)OCCCCCCCCCCCCCC.N=CN. The fraction of sp³-hybridized carbons (Fsp3) is 0.941. The molecule has 10 heteroatoms. The van der Waals surface area contributed by atoms with Crippen LogP contribution in [-0.2, 0) is 19.0 Å². The monoisotopic (exact) mass is 868 g/mol. The van der Waals surface area contributed by atoms with E-state index in [9.17, 15) is 9.59 Å². The van der Waals surface area contributed by atoms with Gasteiger partial charge in [-0.2, -0.15) is 0 Å². The van der Waals surface area contributed by atoms with Crippen molar-refractivity contribution in [1.29, 1.82) is 5.41 Å². The minimum Gasteiger partial charge on any atom is -0.447 e. The molecule has 0 rings (SSSR count). The van der Waals surface area contributed by atoms with Crippen molar-refractivity contribution in [2.24, 2.45) is 11.5 Å². The van der Waals surface area contributed by atoms with Gasteiger partial charge < -0.3 is 36.3 Å². The Bertz CT molecular complexity index is 882. The summed E-state index contributed by atoms with van der Waals surface area (Å²) in [5, 5.41) is 11.6. The molecule has 0 aliphatic rings. The van der Waals surface area contributed by atoms with Crippen molar-refractivity contribution in [2.45, 2.75) is 270 Å². The van der Waals surface area contributed by atoms with Crippen LogP contribution in [0, 0.1) is 5.41 Å². The molecule has 0 bridgehead atoms. The van der Waals surface area contributed by atoms with Crippen LogP contribution in [0.5, 0.6) is 0 Å². The molecule has 0 aromatic rings. The van der Waals surface area contributed by atoms with E-state index in [2.05, 4.69) is 37.1 Å². The third-order valence-corrected chi connectivity index (χ3v) is 11.6. The summed E-state index contributed by atoms with van der Waals surface area (Å²) in [4.78, 5) is 25.8. The standard InChI is InChI=1S/C50H101N3O5.CH4N2/c1-4-7-10-13-16-19-22-25-28-31-34-37-42-52-49(54)48(40-41-51)53-50(55)58-46-47(57-44-39-36-33-30-27-24-21-18-15-12-9-6-3)45-56-43-38-35-32-29-26-23-20-17-14-11-8-5-2;2-1-3/h47-48H,4-46,51H2,1-3H3,(H,52,54)(H,53,55);1H,(H3,2,3). The van der Waals surface area contributed by atoms with Gasteiger partial charge in [0.2, 0.25) is 5.91 Å². The Morgan fingerprint density at radius 3 is 1.25 bits per heavy atom. The van der Waals surface area contributed by atoms with Crippen molar-refractivity contribution in [1.82, 2.24) is 10.6 Å². The Hall–Kier alpha value is -1.91. The Kier molecular flexibility index (Phi) is 54.4. The molecular formula is C51H105N5O5. The molecule has 0 fully saturated rings. The number of rotatable bonds is 48. The fourth-order valence-corrected chi connectivity index (χ4v) is 7.69. The third-order valence-electron chi connectivity index (χ3n) is 11.6. The van der Waals surface area contributed by atoms with Crippen LogP contribution in [0.3, 0.4) is 0 Å². The molecule has 2 amide bonds. The summed E-state index contributed by atoms with van der Waals surface area (Å²) in [6.45, 7) is 9.55. The molecule has 10 nitrogen and oxygen atoms in total. The molecular weight excluding hydrogens is 763 g/mol. The number of ether oxygens (including phenoxy) is 3. The van der Waals surface area contributed by atoms with Gasteiger partial charge in [0.1, 0.15) is 18.8 Å². The summed E-state index contributed by atoms with van der Waals surface area (Å²) in [5.74, 6) is -0.198. The Morgan fingerprint density at radius 1 is 0.525 bits per heavy atom. The molecule has 0 aromatic carbocycles. The van der Waals surface area contributed by atoms with Crippen LogP contribution in [0.4, 0.5) is 4.79 Å². The number of hydrogen-bond donors (Lipinski definition) is 5. The number of nitrogens with two attached hydrogens (primary N) is 2. The van der Waals surface area contributed by atoms with Gasteiger partial charge in [0.05, 0.1) is 12.9 Å². The number of carbonyl (C=O) groups is 2. The van der Waals surface area contributed by atoms with Crippen molar-refractivity contribution in [2.75, 3.05) is 39.5 Å². The van der Waals surface area contributed by atoms with Crippen LogP contribution in [0.2, 0.25) is 0 Å². The van der Waals surface area contributed by atoms with E-state index in [1.54, 1.807) is 0 Å². The number of nitrogens with one attached hydrogen (secondary N) is 3. The van der Waals surface area contributed by atoms with Gasteiger partial charge >= 0.3 is 6.09 Å². The lowest BCUT2D eigenvalue weighted by molar-refractivity contribution is -0.123. The molecule has 0 spiro atoms. The molecule has 2 unspecified atom stereocenters. The first-order valence-corrected chi connectivity index (χ1v) is 26.3. The predicted molar refractivity (Wildman–Crippen MR) is 262 cm³/mol. The van der Waals surface area contributed by atoms with Crippen LogP contribution in [0.15, 0.2) is 0 Å². The zero-order valence-electron chi connectivity index (χ0n) is 40.8. The number of carbonyl (C=O) groups excluding carboxylic acids is 2. The van der Waals surface area contributed by atoms with Crippen molar-refractivity contribution in [3.8, 4) is 0 Å². The Balaban J connectivity index is 0. The summed E-state index contributed by atoms with van der Waals surface area (Å²) in [6, 6.07) is -0.711. The van der Waals surface area contributed by atoms with E-state index in [4.69, 9.17) is 25.4 Å². The predicted octanol–water partition coefficient (Wildman–Crippen LogP) is 13.6. The van der Waals surface area contributed by atoms with E-state index >= 15 is 0 Å². The first-order valence-electron chi connectivity index (χ1n) is 26.3. The zero-order valence-corrected chi connectivity index (χ0v) is 40.8. The van der Waals surface area contributed by atoms with E-state index in [0.29, 0.717) is 39.3 Å². The summed E-state index contributed by atoms with van der Waals surface area (Å²) in [6.07, 6.45) is 46.9. The van der Waals surface area contributed by atoms with Gasteiger partial charge in [-0.05, 0) is 32.2 Å². The maximum Gasteiger partial charge on any atom is 0.407 e. The summed E-state index contributed by atoms with van der Waals surface area (Å²) in [7, 11) is 0. The van der Waals surface area contributed by atoms with Crippen molar-refractivity contribution in [3.63, 3.8) is 0 Å². The van der Waals surface area contributed by atoms with E-state index in [1.165, 1.54) is 199 Å². The third kappa shape index (κ3) is 50.6. The van der Waals surface area contributed by atoms with Crippen molar-refractivity contribution >= 4 is 18.3 Å². The van der Waals surface area contributed by atoms with Crippen molar-refractivity contribution < 1.29 is 23.8 Å². The number of hydrogen-bond acceptors (Lipinski definition) is 7. The molecule has 0 aliphatic heterocycles. The van der Waals surface area contributed by atoms with Crippen LogP contribution in [0.1, 0.15) is 258 Å². The normalized spacial score (nSPS) is 12.1. The van der Waals surface area contributed by atoms with Gasteiger partial charge in [0, 0.05) is 19.8 Å². The summed E-state index contributed by atoms with van der Waals surface area (Å²) in [5.41, 5.74) is 10.2. The van der Waals surface area contributed by atoms with Gasteiger partial charge in [-0.1, -0.05) is 233 Å². The Labute approximate surface area is 378 Å². The first kappa shape index (κ1) is 61.2. The number of amides is 2. The second-order valence-electron chi connectivity index (χ2n) is 17.6. The van der Waals surface area contributed by atoms with Crippen molar-refractivity contribution in [3.05, 3.63) is 0 Å². The smallest absolute Gasteiger partial charge is 0.407 e. The van der Waals surface area contributed by atoms with Crippen LogP contribution in [-0.4, -0.2) is 70.0 Å². The highest BCUT2D eigenvalue weighted by Gasteiger charge is 2.21. The maximum absolute atomic E-state index is 12.9. The molecule has 0 aromatic heterocycles. The average Bonchev–Trinajstić information content (AvgIpc) is 3.25. The zero-order chi connectivity index (χ0) is 45.0. The quantitative estimate of drug-likeness (QED) is 0.0231. The highest BCUT2D eigenvalue weighted by Crippen LogP contribution is 2.15. The number of alkyl carbamates (subject to hydrolysis) is 1. The minimum absolute atomic E-state index is 0.0956. The van der Waals surface area contributed by atoms with Crippen LogP contribution < -0.4 is 22.1 Å². The van der Waals surface area contributed by atoms with Gasteiger partial charge in [0.15, 0.2) is 0 Å². The van der Waals surface area contributed by atoms with E-state index in [-0.39, 0.29) is 18.6 Å². The molecule has 2 atom stereocenters. The second kappa shape index (κ2) is 54.2. The van der Waals surface area contributed by atoms with Crippen LogP contribution in [0.25, 0.3) is 0 Å². The Morgan fingerprint density at radius 2 is 0.869 bits per heavy atom. The lowest BCUT2D eigenvalue weighted by Crippen LogP contribution is -2.48. The van der Waals surface area contributed by atoms with Gasteiger partial charge in [-0.3, -0.25) is 10.2 Å². The largest absolute Gasteiger partial charge is 0.447 e. The highest BCUT2D eigenvalue weighted by molar-refractivity contribution is 5.85. The highest BCUT2D eigenvalue weighted by atomic mass is 16.6. The van der Waals surface area contributed by atoms with Gasteiger partial charge in [-0.25, -0.2) is 4.79 Å². The lowest BCUT2D eigenvalue weighted by Gasteiger charge is -2.21. The topological polar surface area (TPSA) is 162 Å². The summed E-state index contributed by atoms with van der Waals surface area (Å²) < 4.78 is 17.8. The van der Waals surface area contributed by atoms with Crippen LogP contribution >= 0.6 is 0 Å². The van der Waals surface area contributed by atoms with E-state index < -0.39 is 12.1 Å². The molecule has 61 heavy (non-hydrogen) atoms. The molecule has 364 valence electrons. The molecule has 0 aliphatic carbocycles. The molecule has 0 heterocycles. The molecule has 0 saturated heterocycles. The average molecular weight is 868 g/mol. The fourth-order valence-electron chi connectivity index (χ4n) is 7.69. The molecule has 7 N–H and O–H groups in total. The lowest BCUT2D eigenvalue weighted by atomic mass is 10.1. The molecule has 0 saturated carbocycles. The van der Waals surface area contributed by atoms with Gasteiger partial charge in [-0.15, -0.1) is 0 Å². The van der Waals surface area contributed by atoms with E-state index in [0.717, 1.165) is 38.4 Å². The van der Waals surface area contributed by atoms with E-state index in [1.807, 2.05) is 0 Å². The first-order chi connectivity index (χ1) is 30.0. The number of unbranched alkanes of at least 4 members (excludes halogenated alkanes) is 33. The van der Waals surface area contributed by atoms with Gasteiger partial charge in [0.25, 0.3) is 0 Å². The second-order valence-corrected chi connectivity index (χ2v) is 17.6.